The minimum atomic E-state index is -1.08. The van der Waals surface area contributed by atoms with E-state index in [4.69, 9.17) is 5.11 Å². The van der Waals surface area contributed by atoms with Gasteiger partial charge in [0.2, 0.25) is 5.91 Å². The highest BCUT2D eigenvalue weighted by Crippen LogP contribution is 2.16. The number of imide groups is 1. The summed E-state index contributed by atoms with van der Waals surface area (Å²) in [6.45, 7) is 3.81. The standard InChI is InChI=1S/C10H13NO5/c1-2-3-7(6-8(12)13)9(14)11-4-5-16-10(11)15/h2,7H,1,3-6H2,(H,12,13). The molecule has 0 aromatic heterocycles. The maximum atomic E-state index is 11.8. The average molecular weight is 227 g/mol. The molecule has 16 heavy (non-hydrogen) atoms. The van der Waals surface area contributed by atoms with Crippen LogP contribution in [0.2, 0.25) is 0 Å². The van der Waals surface area contributed by atoms with Gasteiger partial charge in [-0.2, -0.15) is 0 Å². The summed E-state index contributed by atoms with van der Waals surface area (Å²) in [6, 6.07) is 0. The molecule has 6 heteroatoms. The quantitative estimate of drug-likeness (QED) is 0.696. The van der Waals surface area contributed by atoms with Crippen LogP contribution >= 0.6 is 0 Å². The number of carbonyl (C=O) groups excluding carboxylic acids is 2. The Morgan fingerprint density at radius 3 is 2.75 bits per heavy atom. The smallest absolute Gasteiger partial charge is 0.416 e. The Morgan fingerprint density at radius 2 is 2.31 bits per heavy atom. The summed E-state index contributed by atoms with van der Waals surface area (Å²) in [7, 11) is 0. The number of allylic oxidation sites excluding steroid dienone is 1. The third-order valence-electron chi connectivity index (χ3n) is 2.25. The van der Waals surface area contributed by atoms with Gasteiger partial charge in [-0.3, -0.25) is 9.59 Å². The number of hydrogen-bond acceptors (Lipinski definition) is 4. The molecule has 1 unspecified atom stereocenters. The number of aliphatic carboxylic acids is 1. The number of hydrogen-bond donors (Lipinski definition) is 1. The number of carboxylic acid groups (broad SMARTS) is 1. The van der Waals surface area contributed by atoms with E-state index in [0.29, 0.717) is 0 Å². The second-order valence-corrected chi connectivity index (χ2v) is 3.42. The summed E-state index contributed by atoms with van der Waals surface area (Å²) in [4.78, 5) is 34.4. The molecule has 1 aliphatic rings. The predicted molar refractivity (Wildman–Crippen MR) is 53.6 cm³/mol. The lowest BCUT2D eigenvalue weighted by Crippen LogP contribution is -2.37. The molecule has 0 aliphatic carbocycles. The average Bonchev–Trinajstić information content (AvgIpc) is 2.62. The van der Waals surface area contributed by atoms with E-state index in [-0.39, 0.29) is 26.0 Å². The molecule has 0 aromatic carbocycles. The van der Waals surface area contributed by atoms with E-state index in [9.17, 15) is 14.4 Å². The van der Waals surface area contributed by atoms with Crippen molar-refractivity contribution in [2.24, 2.45) is 5.92 Å². The number of rotatable bonds is 5. The van der Waals surface area contributed by atoms with Crippen LogP contribution in [-0.4, -0.2) is 41.1 Å². The van der Waals surface area contributed by atoms with Crippen LogP contribution < -0.4 is 0 Å². The van der Waals surface area contributed by atoms with Crippen LogP contribution in [0.25, 0.3) is 0 Å². The van der Waals surface area contributed by atoms with Crippen LogP contribution in [0.15, 0.2) is 12.7 Å². The van der Waals surface area contributed by atoms with Gasteiger partial charge in [-0.25, -0.2) is 9.69 Å². The fourth-order valence-corrected chi connectivity index (χ4v) is 1.50. The molecule has 1 rings (SSSR count). The summed E-state index contributed by atoms with van der Waals surface area (Å²) in [5.41, 5.74) is 0. The van der Waals surface area contributed by atoms with E-state index >= 15 is 0 Å². The van der Waals surface area contributed by atoms with Gasteiger partial charge in [0.15, 0.2) is 0 Å². The number of amides is 2. The molecular formula is C10H13NO5. The zero-order valence-electron chi connectivity index (χ0n) is 8.72. The first-order valence-electron chi connectivity index (χ1n) is 4.87. The van der Waals surface area contributed by atoms with Crippen molar-refractivity contribution < 1.29 is 24.2 Å². The molecule has 1 aliphatic heterocycles. The molecule has 6 nitrogen and oxygen atoms in total. The molecule has 1 N–H and O–H groups in total. The van der Waals surface area contributed by atoms with Gasteiger partial charge in [-0.05, 0) is 6.42 Å². The molecule has 0 saturated carbocycles. The predicted octanol–water partition coefficient (Wildman–Crippen LogP) is 0.632. The Kier molecular flexibility index (Phi) is 4.04. The van der Waals surface area contributed by atoms with Gasteiger partial charge in [0.1, 0.15) is 6.61 Å². The van der Waals surface area contributed by atoms with Crippen LogP contribution in [0.5, 0.6) is 0 Å². The summed E-state index contributed by atoms with van der Waals surface area (Å²) >= 11 is 0. The second-order valence-electron chi connectivity index (χ2n) is 3.42. The lowest BCUT2D eigenvalue weighted by atomic mass is 10.00. The number of ether oxygens (including phenoxy) is 1. The Bertz CT molecular complexity index is 325. The highest BCUT2D eigenvalue weighted by atomic mass is 16.6. The Hall–Kier alpha value is -1.85. The van der Waals surface area contributed by atoms with Crippen molar-refractivity contribution in [3.05, 3.63) is 12.7 Å². The third-order valence-corrected chi connectivity index (χ3v) is 2.25. The summed E-state index contributed by atoms with van der Waals surface area (Å²) in [5, 5.41) is 8.65. The fraction of sp³-hybridized carbons (Fsp3) is 0.500. The van der Waals surface area contributed by atoms with Crippen molar-refractivity contribution in [3.63, 3.8) is 0 Å². The molecule has 0 spiro atoms. The van der Waals surface area contributed by atoms with Crippen molar-refractivity contribution in [3.8, 4) is 0 Å². The van der Waals surface area contributed by atoms with Gasteiger partial charge in [-0.1, -0.05) is 6.08 Å². The topological polar surface area (TPSA) is 83.9 Å². The van der Waals surface area contributed by atoms with Gasteiger partial charge < -0.3 is 9.84 Å². The molecule has 1 heterocycles. The highest BCUT2D eigenvalue weighted by molar-refractivity contribution is 5.95. The molecule has 1 fully saturated rings. The number of carbonyl (C=O) groups is 3. The van der Waals surface area contributed by atoms with E-state index in [1.807, 2.05) is 0 Å². The van der Waals surface area contributed by atoms with Crippen molar-refractivity contribution in [1.29, 1.82) is 0 Å². The molecule has 1 saturated heterocycles. The van der Waals surface area contributed by atoms with Crippen LogP contribution in [0, 0.1) is 5.92 Å². The molecule has 0 aromatic rings. The Labute approximate surface area is 92.5 Å². The van der Waals surface area contributed by atoms with E-state index in [2.05, 4.69) is 11.3 Å². The van der Waals surface area contributed by atoms with Crippen LogP contribution in [-0.2, 0) is 14.3 Å². The number of nitrogens with zero attached hydrogens (tertiary/aromatic N) is 1. The van der Waals surface area contributed by atoms with E-state index in [1.54, 1.807) is 0 Å². The Morgan fingerprint density at radius 1 is 1.62 bits per heavy atom. The van der Waals surface area contributed by atoms with Crippen LogP contribution in [0.1, 0.15) is 12.8 Å². The van der Waals surface area contributed by atoms with Crippen LogP contribution in [0.3, 0.4) is 0 Å². The second kappa shape index (κ2) is 5.29. The zero-order valence-corrected chi connectivity index (χ0v) is 8.72. The first-order valence-corrected chi connectivity index (χ1v) is 4.87. The van der Waals surface area contributed by atoms with Crippen molar-refractivity contribution in [2.45, 2.75) is 12.8 Å². The van der Waals surface area contributed by atoms with E-state index in [0.717, 1.165) is 4.90 Å². The number of cyclic esters (lactones) is 1. The largest absolute Gasteiger partial charge is 0.481 e. The number of carboxylic acids is 1. The molecule has 0 bridgehead atoms. The molecular weight excluding hydrogens is 214 g/mol. The molecule has 0 radical (unpaired) electrons. The van der Waals surface area contributed by atoms with Crippen LogP contribution in [0.4, 0.5) is 4.79 Å². The van der Waals surface area contributed by atoms with Crippen molar-refractivity contribution in [2.75, 3.05) is 13.2 Å². The summed E-state index contributed by atoms with van der Waals surface area (Å²) in [6.07, 6.45) is 0.681. The molecule has 1 atom stereocenters. The minimum Gasteiger partial charge on any atom is -0.481 e. The summed E-state index contributed by atoms with van der Waals surface area (Å²) < 4.78 is 4.61. The normalized spacial score (nSPS) is 16.8. The first kappa shape index (κ1) is 12.2. The van der Waals surface area contributed by atoms with Crippen molar-refractivity contribution >= 4 is 18.0 Å². The lowest BCUT2D eigenvalue weighted by Gasteiger charge is -2.17. The third kappa shape index (κ3) is 2.82. The zero-order chi connectivity index (χ0) is 12.1. The van der Waals surface area contributed by atoms with E-state index < -0.39 is 23.9 Å². The molecule has 2 amide bonds. The van der Waals surface area contributed by atoms with E-state index in [1.165, 1.54) is 6.08 Å². The van der Waals surface area contributed by atoms with Gasteiger partial charge >= 0.3 is 12.1 Å². The van der Waals surface area contributed by atoms with Crippen molar-refractivity contribution in [1.82, 2.24) is 4.90 Å². The highest BCUT2D eigenvalue weighted by Gasteiger charge is 2.33. The maximum Gasteiger partial charge on any atom is 0.416 e. The SMILES string of the molecule is C=CCC(CC(=O)O)C(=O)N1CCOC1=O. The molecule has 88 valence electrons. The first-order chi connectivity index (χ1) is 7.56. The monoisotopic (exact) mass is 227 g/mol. The van der Waals surface area contributed by atoms with Gasteiger partial charge in [-0.15, -0.1) is 6.58 Å². The van der Waals surface area contributed by atoms with Gasteiger partial charge in [0.05, 0.1) is 18.9 Å². The summed E-state index contributed by atoms with van der Waals surface area (Å²) in [5.74, 6) is -2.33. The van der Waals surface area contributed by atoms with Gasteiger partial charge in [0, 0.05) is 0 Å². The lowest BCUT2D eigenvalue weighted by molar-refractivity contribution is -0.143. The fourth-order valence-electron chi connectivity index (χ4n) is 1.50. The Balaban J connectivity index is 2.69. The van der Waals surface area contributed by atoms with Gasteiger partial charge in [0.25, 0.3) is 0 Å². The minimum absolute atomic E-state index is 0.165. The maximum absolute atomic E-state index is 11.8.